The maximum atomic E-state index is 13.1. The molecule has 0 atom stereocenters. The van der Waals surface area contributed by atoms with Gasteiger partial charge in [-0.15, -0.1) is 0 Å². The number of H-pyrrole nitrogens is 1. The average molecular weight is 475 g/mol. The van der Waals surface area contributed by atoms with Crippen LogP contribution >= 0.6 is 11.6 Å². The van der Waals surface area contributed by atoms with Crippen molar-refractivity contribution in [2.24, 2.45) is 0 Å². The fourth-order valence-electron chi connectivity index (χ4n) is 4.04. The summed E-state index contributed by atoms with van der Waals surface area (Å²) in [6.45, 7) is 2.59. The van der Waals surface area contributed by atoms with E-state index in [0.29, 0.717) is 66.0 Å². The minimum absolute atomic E-state index is 0.0483. The van der Waals surface area contributed by atoms with Gasteiger partial charge in [-0.3, -0.25) is 14.6 Å². The number of anilines is 1. The Bertz CT molecular complexity index is 1400. The number of ether oxygens (including phenoxy) is 1. The van der Waals surface area contributed by atoms with Crippen LogP contribution in [0.5, 0.6) is 5.75 Å². The molecule has 0 radical (unpaired) electrons. The minimum atomic E-state index is -0.159. The molecular weight excluding hydrogens is 452 g/mol. The topological polar surface area (TPSA) is 78.5 Å². The second-order valence-electron chi connectivity index (χ2n) is 8.13. The Kier molecular flexibility index (Phi) is 6.18. The van der Waals surface area contributed by atoms with Crippen molar-refractivity contribution in [2.75, 3.05) is 31.1 Å². The molecule has 7 nitrogen and oxygen atoms in total. The van der Waals surface area contributed by atoms with Gasteiger partial charge in [0, 0.05) is 36.8 Å². The highest BCUT2D eigenvalue weighted by molar-refractivity contribution is 6.30. The number of halogens is 1. The summed E-state index contributed by atoms with van der Waals surface area (Å²) in [6, 6.07) is 22.0. The summed E-state index contributed by atoms with van der Waals surface area (Å²) in [5.41, 5.74) is 2.04. The number of nitrogens with one attached hydrogen (secondary N) is 1. The maximum Gasteiger partial charge on any atom is 0.260 e. The Morgan fingerprint density at radius 1 is 0.971 bits per heavy atom. The Hall–Kier alpha value is -3.84. The number of hydrogen-bond donors (Lipinski definition) is 1. The molecular formula is C26H23ClN4O3. The second kappa shape index (κ2) is 9.57. The van der Waals surface area contributed by atoms with E-state index in [-0.39, 0.29) is 11.5 Å². The first-order valence-corrected chi connectivity index (χ1v) is 11.5. The van der Waals surface area contributed by atoms with Crippen LogP contribution in [0.2, 0.25) is 5.02 Å². The fraction of sp³-hybridized carbons (Fsp3) is 0.192. The van der Waals surface area contributed by atoms with E-state index >= 15 is 0 Å². The van der Waals surface area contributed by atoms with Gasteiger partial charge in [-0.25, -0.2) is 4.98 Å². The maximum absolute atomic E-state index is 13.1. The van der Waals surface area contributed by atoms with Crippen LogP contribution in [0.15, 0.2) is 77.6 Å². The minimum Gasteiger partial charge on any atom is -0.489 e. The van der Waals surface area contributed by atoms with Crippen molar-refractivity contribution >= 4 is 34.4 Å². The Morgan fingerprint density at radius 2 is 1.76 bits per heavy atom. The number of para-hydroxylation sites is 1. The molecule has 8 heteroatoms. The number of benzene rings is 3. The lowest BCUT2D eigenvalue weighted by molar-refractivity contribution is 0.0745. The van der Waals surface area contributed by atoms with E-state index in [2.05, 4.69) is 9.97 Å². The molecule has 3 aromatic carbocycles. The second-order valence-corrected chi connectivity index (χ2v) is 8.57. The van der Waals surface area contributed by atoms with Gasteiger partial charge in [0.2, 0.25) is 5.95 Å². The molecule has 1 saturated heterocycles. The van der Waals surface area contributed by atoms with Gasteiger partial charge in [0.15, 0.2) is 0 Å². The zero-order valence-electron chi connectivity index (χ0n) is 18.4. The average Bonchev–Trinajstić information content (AvgIpc) is 2.87. The SMILES string of the molecule is O=C(c1cccc(OCc2cccc(Cl)c2)c1)N1CCN(c2nc3ccccc3c(=O)[nH]2)CC1. The van der Waals surface area contributed by atoms with E-state index in [4.69, 9.17) is 16.3 Å². The third kappa shape index (κ3) is 4.75. The van der Waals surface area contributed by atoms with Crippen molar-refractivity contribution in [2.45, 2.75) is 6.61 Å². The highest BCUT2D eigenvalue weighted by Crippen LogP contribution is 2.20. The highest BCUT2D eigenvalue weighted by Gasteiger charge is 2.24. The van der Waals surface area contributed by atoms with E-state index in [1.54, 1.807) is 18.2 Å². The summed E-state index contributed by atoms with van der Waals surface area (Å²) in [4.78, 5) is 36.8. The zero-order chi connectivity index (χ0) is 23.5. The van der Waals surface area contributed by atoms with Crippen LogP contribution in [-0.2, 0) is 6.61 Å². The zero-order valence-corrected chi connectivity index (χ0v) is 19.2. The standard InChI is InChI=1S/C26H23ClN4O3/c27-20-7-3-5-18(15-20)17-34-21-8-4-6-19(16-21)25(33)30-11-13-31(14-12-30)26-28-23-10-2-1-9-22(23)24(32)29-26/h1-10,15-16H,11-14,17H2,(H,28,29,32). The third-order valence-corrected chi connectivity index (χ3v) is 6.08. The van der Waals surface area contributed by atoms with Crippen LogP contribution in [0.4, 0.5) is 5.95 Å². The van der Waals surface area contributed by atoms with E-state index in [1.165, 1.54) is 0 Å². The van der Waals surface area contributed by atoms with E-state index in [0.717, 1.165) is 5.56 Å². The summed E-state index contributed by atoms with van der Waals surface area (Å²) >= 11 is 6.03. The van der Waals surface area contributed by atoms with Gasteiger partial charge in [-0.1, -0.05) is 41.9 Å². The smallest absolute Gasteiger partial charge is 0.260 e. The van der Waals surface area contributed by atoms with Gasteiger partial charge in [-0.2, -0.15) is 0 Å². The number of piperazine rings is 1. The molecule has 0 saturated carbocycles. The van der Waals surface area contributed by atoms with E-state index < -0.39 is 0 Å². The van der Waals surface area contributed by atoms with Crippen molar-refractivity contribution in [3.05, 3.63) is 99.3 Å². The predicted molar refractivity (Wildman–Crippen MR) is 133 cm³/mol. The first-order valence-electron chi connectivity index (χ1n) is 11.1. The quantitative estimate of drug-likeness (QED) is 0.471. The lowest BCUT2D eigenvalue weighted by Gasteiger charge is -2.35. The lowest BCUT2D eigenvalue weighted by atomic mass is 10.1. The molecule has 1 aliphatic rings. The fourth-order valence-corrected chi connectivity index (χ4v) is 4.25. The number of hydrogen-bond acceptors (Lipinski definition) is 5. The van der Waals surface area contributed by atoms with Crippen molar-refractivity contribution in [1.29, 1.82) is 0 Å². The summed E-state index contributed by atoms with van der Waals surface area (Å²) in [5.74, 6) is 1.11. The van der Waals surface area contributed by atoms with Crippen LogP contribution < -0.4 is 15.2 Å². The summed E-state index contributed by atoms with van der Waals surface area (Å²) in [5, 5.41) is 1.23. The predicted octanol–water partition coefficient (Wildman–Crippen LogP) is 4.12. The van der Waals surface area contributed by atoms with Crippen LogP contribution in [0.25, 0.3) is 10.9 Å². The number of nitrogens with zero attached hydrogens (tertiary/aromatic N) is 3. The van der Waals surface area contributed by atoms with Crippen LogP contribution in [0.1, 0.15) is 15.9 Å². The normalized spacial score (nSPS) is 13.8. The van der Waals surface area contributed by atoms with E-state index in [9.17, 15) is 9.59 Å². The number of amides is 1. The van der Waals surface area contributed by atoms with Crippen molar-refractivity contribution in [3.63, 3.8) is 0 Å². The molecule has 0 spiro atoms. The molecule has 1 amide bonds. The number of carbonyl (C=O) groups excluding carboxylic acids is 1. The van der Waals surface area contributed by atoms with Gasteiger partial charge in [0.1, 0.15) is 12.4 Å². The molecule has 1 aliphatic heterocycles. The van der Waals surface area contributed by atoms with Crippen molar-refractivity contribution in [1.82, 2.24) is 14.9 Å². The summed E-state index contributed by atoms with van der Waals surface area (Å²) in [6.07, 6.45) is 0. The van der Waals surface area contributed by atoms with Gasteiger partial charge in [0.25, 0.3) is 11.5 Å². The summed E-state index contributed by atoms with van der Waals surface area (Å²) in [7, 11) is 0. The molecule has 2 heterocycles. The lowest BCUT2D eigenvalue weighted by Crippen LogP contribution is -2.49. The van der Waals surface area contributed by atoms with Crippen molar-refractivity contribution < 1.29 is 9.53 Å². The third-order valence-electron chi connectivity index (χ3n) is 5.84. The molecule has 0 aliphatic carbocycles. The van der Waals surface area contributed by atoms with Crippen LogP contribution in [0.3, 0.4) is 0 Å². The molecule has 4 aromatic rings. The molecule has 1 fully saturated rings. The molecule has 0 unspecified atom stereocenters. The summed E-state index contributed by atoms with van der Waals surface area (Å²) < 4.78 is 5.87. The molecule has 34 heavy (non-hydrogen) atoms. The monoisotopic (exact) mass is 474 g/mol. The van der Waals surface area contributed by atoms with Crippen LogP contribution in [0, 0.1) is 0 Å². The number of rotatable bonds is 5. The van der Waals surface area contributed by atoms with Gasteiger partial charge < -0.3 is 14.5 Å². The Morgan fingerprint density at radius 3 is 2.59 bits per heavy atom. The first kappa shape index (κ1) is 22.0. The number of carbonyl (C=O) groups is 1. The highest BCUT2D eigenvalue weighted by atomic mass is 35.5. The molecule has 1 aromatic heterocycles. The van der Waals surface area contributed by atoms with Crippen LogP contribution in [-0.4, -0.2) is 47.0 Å². The van der Waals surface area contributed by atoms with Crippen molar-refractivity contribution in [3.8, 4) is 5.75 Å². The molecule has 1 N–H and O–H groups in total. The number of aromatic nitrogens is 2. The largest absolute Gasteiger partial charge is 0.489 e. The molecule has 5 rings (SSSR count). The van der Waals surface area contributed by atoms with Gasteiger partial charge in [0.05, 0.1) is 10.9 Å². The Labute approximate surface area is 201 Å². The van der Waals surface area contributed by atoms with Gasteiger partial charge >= 0.3 is 0 Å². The van der Waals surface area contributed by atoms with E-state index in [1.807, 2.05) is 64.4 Å². The van der Waals surface area contributed by atoms with Gasteiger partial charge in [-0.05, 0) is 48.0 Å². The Balaban J connectivity index is 1.23. The molecule has 0 bridgehead atoms. The molecule has 172 valence electrons. The number of aromatic amines is 1. The number of fused-ring (bicyclic) bond motifs is 1. The first-order chi connectivity index (χ1) is 16.6.